The van der Waals surface area contributed by atoms with Crippen molar-refractivity contribution < 1.29 is 9.25 Å². The van der Waals surface area contributed by atoms with Gasteiger partial charge in [-0.15, -0.1) is 0 Å². The molecule has 1 heterocycles. The van der Waals surface area contributed by atoms with Gasteiger partial charge in [-0.3, -0.25) is 0 Å². The number of rotatable bonds is 7. The zero-order valence-electron chi connectivity index (χ0n) is 9.82. The minimum absolute atomic E-state index is 0.355. The largest absolute Gasteiger partial charge is 0.469 e. The van der Waals surface area contributed by atoms with Crippen LogP contribution in [0.15, 0.2) is 22.8 Å². The van der Waals surface area contributed by atoms with Crippen LogP contribution in [0.1, 0.15) is 33.0 Å². The van der Waals surface area contributed by atoms with Gasteiger partial charge in [0.15, 0.2) is 0 Å². The molecule has 0 spiro atoms. The van der Waals surface area contributed by atoms with Gasteiger partial charge in [-0.25, -0.2) is 0 Å². The van der Waals surface area contributed by atoms with Crippen LogP contribution in [-0.4, -0.2) is 12.6 Å². The van der Waals surface area contributed by atoms with E-state index in [-0.39, 0.29) is 0 Å². The topological polar surface area (TPSA) is 34.4 Å². The van der Waals surface area contributed by atoms with E-state index in [1.54, 1.807) is 6.26 Å². The molecular weight excluding hydrogens is 190 g/mol. The highest BCUT2D eigenvalue weighted by Crippen LogP contribution is 2.05. The molecule has 0 aliphatic heterocycles. The summed E-state index contributed by atoms with van der Waals surface area (Å²) in [5.74, 6) is 1.60. The van der Waals surface area contributed by atoms with Gasteiger partial charge in [0.1, 0.15) is 5.76 Å². The number of hydroxylamine groups is 1. The van der Waals surface area contributed by atoms with Crippen molar-refractivity contribution in [3.63, 3.8) is 0 Å². The SMILES string of the molecule is CC(C)CONC(C)CCc1ccco1. The molecule has 1 aromatic heterocycles. The number of aryl methyl sites for hydroxylation is 1. The Morgan fingerprint density at radius 3 is 2.80 bits per heavy atom. The molecule has 0 amide bonds. The second-order valence-corrected chi connectivity index (χ2v) is 4.34. The fraction of sp³-hybridized carbons (Fsp3) is 0.667. The summed E-state index contributed by atoms with van der Waals surface area (Å²) in [4.78, 5) is 5.35. The minimum Gasteiger partial charge on any atom is -0.469 e. The molecule has 1 unspecified atom stereocenters. The number of nitrogens with one attached hydrogen (secondary N) is 1. The fourth-order valence-electron chi connectivity index (χ4n) is 1.23. The summed E-state index contributed by atoms with van der Waals surface area (Å²) in [6.45, 7) is 7.14. The van der Waals surface area contributed by atoms with Gasteiger partial charge in [0, 0.05) is 12.5 Å². The summed E-state index contributed by atoms with van der Waals surface area (Å²) in [7, 11) is 0. The smallest absolute Gasteiger partial charge is 0.103 e. The van der Waals surface area contributed by atoms with Crippen molar-refractivity contribution in [3.05, 3.63) is 24.2 Å². The highest BCUT2D eigenvalue weighted by atomic mass is 16.6. The van der Waals surface area contributed by atoms with Gasteiger partial charge >= 0.3 is 0 Å². The average molecular weight is 211 g/mol. The van der Waals surface area contributed by atoms with Crippen molar-refractivity contribution in [1.82, 2.24) is 5.48 Å². The third kappa shape index (κ3) is 5.60. The van der Waals surface area contributed by atoms with Crippen molar-refractivity contribution in [2.75, 3.05) is 6.61 Å². The summed E-state index contributed by atoms with van der Waals surface area (Å²) in [6, 6.07) is 4.28. The molecule has 86 valence electrons. The normalized spacial score (nSPS) is 13.3. The van der Waals surface area contributed by atoms with E-state index in [0.717, 1.165) is 25.2 Å². The molecule has 0 fully saturated rings. The van der Waals surface area contributed by atoms with Gasteiger partial charge < -0.3 is 9.25 Å². The minimum atomic E-state index is 0.355. The number of furan rings is 1. The van der Waals surface area contributed by atoms with E-state index in [1.807, 2.05) is 12.1 Å². The molecule has 1 N–H and O–H groups in total. The molecule has 0 aromatic carbocycles. The van der Waals surface area contributed by atoms with E-state index >= 15 is 0 Å². The Kier molecular flexibility index (Phi) is 5.43. The van der Waals surface area contributed by atoms with Crippen molar-refractivity contribution >= 4 is 0 Å². The van der Waals surface area contributed by atoms with Gasteiger partial charge in [-0.2, -0.15) is 5.48 Å². The van der Waals surface area contributed by atoms with Crippen LogP contribution in [0.4, 0.5) is 0 Å². The Morgan fingerprint density at radius 1 is 1.40 bits per heavy atom. The van der Waals surface area contributed by atoms with Crippen LogP contribution in [0.3, 0.4) is 0 Å². The Hall–Kier alpha value is -0.800. The third-order valence-electron chi connectivity index (χ3n) is 2.11. The lowest BCUT2D eigenvalue weighted by Gasteiger charge is -2.14. The molecule has 0 bridgehead atoms. The molecule has 0 aliphatic rings. The first-order chi connectivity index (χ1) is 7.18. The summed E-state index contributed by atoms with van der Waals surface area (Å²) >= 11 is 0. The van der Waals surface area contributed by atoms with Crippen LogP contribution in [0.25, 0.3) is 0 Å². The fourth-order valence-corrected chi connectivity index (χ4v) is 1.23. The van der Waals surface area contributed by atoms with Crippen LogP contribution in [0.5, 0.6) is 0 Å². The van der Waals surface area contributed by atoms with Crippen LogP contribution in [0.2, 0.25) is 0 Å². The first-order valence-corrected chi connectivity index (χ1v) is 5.58. The zero-order valence-corrected chi connectivity index (χ0v) is 9.82. The Morgan fingerprint density at radius 2 is 2.20 bits per heavy atom. The second kappa shape index (κ2) is 6.64. The predicted octanol–water partition coefficient (Wildman–Crippen LogP) is 2.78. The maximum atomic E-state index is 5.35. The molecule has 3 nitrogen and oxygen atoms in total. The Bertz CT molecular complexity index is 244. The van der Waals surface area contributed by atoms with Gasteiger partial charge in [0.2, 0.25) is 0 Å². The van der Waals surface area contributed by atoms with E-state index in [2.05, 4.69) is 26.3 Å². The van der Waals surface area contributed by atoms with Crippen molar-refractivity contribution in [1.29, 1.82) is 0 Å². The summed E-state index contributed by atoms with van der Waals surface area (Å²) in [5.41, 5.74) is 3.03. The lowest BCUT2D eigenvalue weighted by molar-refractivity contribution is 0.00287. The summed E-state index contributed by atoms with van der Waals surface area (Å²) in [6.07, 6.45) is 3.68. The van der Waals surface area contributed by atoms with Crippen LogP contribution in [-0.2, 0) is 11.3 Å². The van der Waals surface area contributed by atoms with Gasteiger partial charge in [-0.05, 0) is 31.4 Å². The molecule has 1 aromatic rings. The molecule has 0 aliphatic carbocycles. The third-order valence-corrected chi connectivity index (χ3v) is 2.11. The van der Waals surface area contributed by atoms with Gasteiger partial charge in [-0.1, -0.05) is 13.8 Å². The molecule has 0 saturated carbocycles. The second-order valence-electron chi connectivity index (χ2n) is 4.34. The molecule has 3 heteroatoms. The van der Waals surface area contributed by atoms with Gasteiger partial charge in [0.05, 0.1) is 12.9 Å². The van der Waals surface area contributed by atoms with E-state index in [4.69, 9.17) is 9.25 Å². The maximum absolute atomic E-state index is 5.35. The molecule has 15 heavy (non-hydrogen) atoms. The summed E-state index contributed by atoms with van der Waals surface area (Å²) in [5, 5.41) is 0. The molecule has 1 atom stereocenters. The van der Waals surface area contributed by atoms with E-state index < -0.39 is 0 Å². The lowest BCUT2D eigenvalue weighted by Crippen LogP contribution is -2.28. The first-order valence-electron chi connectivity index (χ1n) is 5.58. The number of hydrogen-bond donors (Lipinski definition) is 1. The zero-order chi connectivity index (χ0) is 11.1. The first kappa shape index (κ1) is 12.3. The van der Waals surface area contributed by atoms with Crippen molar-refractivity contribution in [3.8, 4) is 0 Å². The van der Waals surface area contributed by atoms with E-state index in [0.29, 0.717) is 12.0 Å². The van der Waals surface area contributed by atoms with Crippen LogP contribution < -0.4 is 5.48 Å². The Labute approximate surface area is 91.8 Å². The maximum Gasteiger partial charge on any atom is 0.103 e. The lowest BCUT2D eigenvalue weighted by atomic mass is 10.1. The highest BCUT2D eigenvalue weighted by molar-refractivity contribution is 4.98. The van der Waals surface area contributed by atoms with Crippen molar-refractivity contribution in [2.24, 2.45) is 5.92 Å². The molecule has 0 saturated heterocycles. The van der Waals surface area contributed by atoms with Crippen LogP contribution >= 0.6 is 0 Å². The van der Waals surface area contributed by atoms with E-state index in [1.165, 1.54) is 0 Å². The quantitative estimate of drug-likeness (QED) is 0.704. The van der Waals surface area contributed by atoms with E-state index in [9.17, 15) is 0 Å². The monoisotopic (exact) mass is 211 g/mol. The summed E-state index contributed by atoms with van der Waals surface area (Å²) < 4.78 is 5.26. The number of hydrogen-bond acceptors (Lipinski definition) is 3. The highest BCUT2D eigenvalue weighted by Gasteiger charge is 2.04. The molecular formula is C12H21NO2. The predicted molar refractivity (Wildman–Crippen MR) is 60.4 cm³/mol. The average Bonchev–Trinajstić information content (AvgIpc) is 2.66. The van der Waals surface area contributed by atoms with Crippen molar-refractivity contribution in [2.45, 2.75) is 39.7 Å². The standard InChI is InChI=1S/C12H21NO2/c1-10(2)9-15-13-11(3)6-7-12-5-4-8-14-12/h4-5,8,10-11,13H,6-7,9H2,1-3H3. The molecule has 0 radical (unpaired) electrons. The molecule has 1 rings (SSSR count). The Balaban J connectivity index is 2.06. The van der Waals surface area contributed by atoms with Gasteiger partial charge in [0.25, 0.3) is 0 Å². The van der Waals surface area contributed by atoms with Crippen LogP contribution in [0, 0.1) is 5.92 Å².